The molecule has 4 nitrogen and oxygen atoms in total. The predicted molar refractivity (Wildman–Crippen MR) is 87.9 cm³/mol. The highest BCUT2D eigenvalue weighted by Gasteiger charge is 2.12. The molecular weight excluding hydrogens is 288 g/mol. The van der Waals surface area contributed by atoms with E-state index in [1.165, 1.54) is 32.1 Å². The summed E-state index contributed by atoms with van der Waals surface area (Å²) in [6, 6.07) is 7.47. The van der Waals surface area contributed by atoms with Gasteiger partial charge in [-0.15, -0.1) is 12.4 Å². The molecule has 118 valence electrons. The quantitative estimate of drug-likeness (QED) is 0.481. The molecule has 0 heterocycles. The van der Waals surface area contributed by atoms with Gasteiger partial charge in [-0.05, 0) is 50.1 Å². The smallest absolute Gasteiger partial charge is 0.338 e. The monoisotopic (exact) mass is 312 g/mol. The van der Waals surface area contributed by atoms with E-state index < -0.39 is 0 Å². The number of nitrogen functional groups attached to an aromatic ring is 1. The van der Waals surface area contributed by atoms with Crippen LogP contribution in [0.25, 0.3) is 0 Å². The molecule has 1 aliphatic rings. The van der Waals surface area contributed by atoms with E-state index in [-0.39, 0.29) is 18.4 Å². The zero-order chi connectivity index (χ0) is 14.2. The van der Waals surface area contributed by atoms with Crippen molar-refractivity contribution < 1.29 is 9.53 Å². The van der Waals surface area contributed by atoms with Crippen LogP contribution in [0.2, 0.25) is 0 Å². The highest BCUT2D eigenvalue weighted by atomic mass is 35.5. The number of esters is 1. The van der Waals surface area contributed by atoms with E-state index in [0.29, 0.717) is 23.9 Å². The number of hydrogen-bond donors (Lipinski definition) is 2. The number of hydrogen-bond acceptors (Lipinski definition) is 4. The molecule has 1 saturated carbocycles. The number of nitrogens with one attached hydrogen (secondary N) is 1. The van der Waals surface area contributed by atoms with Gasteiger partial charge >= 0.3 is 5.97 Å². The molecule has 5 heteroatoms. The highest BCUT2D eigenvalue weighted by molar-refractivity contribution is 5.89. The Kier molecular flexibility index (Phi) is 8.16. The summed E-state index contributed by atoms with van der Waals surface area (Å²) in [5.41, 5.74) is 6.78. The summed E-state index contributed by atoms with van der Waals surface area (Å²) in [4.78, 5) is 11.7. The van der Waals surface area contributed by atoms with E-state index in [1.54, 1.807) is 24.3 Å². The molecule has 0 aliphatic heterocycles. The molecular formula is C16H25ClN2O2. The van der Waals surface area contributed by atoms with Crippen molar-refractivity contribution >= 4 is 24.1 Å². The molecule has 0 aromatic heterocycles. The van der Waals surface area contributed by atoms with E-state index in [1.807, 2.05) is 0 Å². The van der Waals surface area contributed by atoms with Crippen molar-refractivity contribution in [2.75, 3.05) is 18.9 Å². The van der Waals surface area contributed by atoms with E-state index in [2.05, 4.69) is 5.32 Å². The van der Waals surface area contributed by atoms with Gasteiger partial charge in [0.05, 0.1) is 12.2 Å². The number of carbonyl (C=O) groups is 1. The topological polar surface area (TPSA) is 64.4 Å². The van der Waals surface area contributed by atoms with Gasteiger partial charge in [-0.25, -0.2) is 4.79 Å². The molecule has 1 aromatic rings. The molecule has 0 amide bonds. The lowest BCUT2D eigenvalue weighted by molar-refractivity contribution is 0.0499. The second-order valence-electron chi connectivity index (χ2n) is 5.40. The number of carbonyl (C=O) groups excluding carboxylic acids is 1. The van der Waals surface area contributed by atoms with Crippen LogP contribution < -0.4 is 11.1 Å². The van der Waals surface area contributed by atoms with E-state index in [4.69, 9.17) is 10.5 Å². The first-order chi connectivity index (χ1) is 9.75. The average Bonchev–Trinajstić information content (AvgIpc) is 2.48. The summed E-state index contributed by atoms with van der Waals surface area (Å²) in [7, 11) is 0. The molecule has 1 aromatic carbocycles. The minimum atomic E-state index is -0.275. The van der Waals surface area contributed by atoms with Gasteiger partial charge in [0.15, 0.2) is 0 Å². The molecule has 1 aliphatic carbocycles. The van der Waals surface area contributed by atoms with Crippen LogP contribution in [0.5, 0.6) is 0 Å². The molecule has 0 saturated heterocycles. The lowest BCUT2D eigenvalue weighted by Crippen LogP contribution is -2.32. The average molecular weight is 313 g/mol. The molecule has 0 radical (unpaired) electrons. The van der Waals surface area contributed by atoms with Gasteiger partial charge in [-0.3, -0.25) is 0 Å². The van der Waals surface area contributed by atoms with Crippen molar-refractivity contribution in [3.8, 4) is 0 Å². The van der Waals surface area contributed by atoms with E-state index >= 15 is 0 Å². The maximum absolute atomic E-state index is 11.7. The third kappa shape index (κ3) is 6.36. The van der Waals surface area contributed by atoms with Crippen LogP contribution in [-0.2, 0) is 4.74 Å². The number of benzene rings is 1. The maximum atomic E-state index is 11.7. The zero-order valence-corrected chi connectivity index (χ0v) is 13.2. The maximum Gasteiger partial charge on any atom is 0.338 e. The van der Waals surface area contributed by atoms with Crippen molar-refractivity contribution in [1.82, 2.24) is 5.32 Å². The van der Waals surface area contributed by atoms with Crippen LogP contribution in [0.3, 0.4) is 0 Å². The summed E-state index contributed by atoms with van der Waals surface area (Å²) in [6.45, 7) is 1.38. The Hall–Kier alpha value is -1.26. The molecule has 1 fully saturated rings. The van der Waals surface area contributed by atoms with Gasteiger partial charge in [0.1, 0.15) is 0 Å². The van der Waals surface area contributed by atoms with Crippen LogP contribution in [0.15, 0.2) is 24.3 Å². The van der Waals surface area contributed by atoms with Crippen molar-refractivity contribution in [1.29, 1.82) is 0 Å². The van der Waals surface area contributed by atoms with Gasteiger partial charge in [0.25, 0.3) is 0 Å². The lowest BCUT2D eigenvalue weighted by atomic mass is 9.95. The van der Waals surface area contributed by atoms with Crippen molar-refractivity contribution in [2.24, 2.45) is 0 Å². The Morgan fingerprint density at radius 2 is 1.86 bits per heavy atom. The number of nitrogens with two attached hydrogens (primary N) is 1. The fourth-order valence-electron chi connectivity index (χ4n) is 2.55. The van der Waals surface area contributed by atoms with Gasteiger partial charge in [-0.1, -0.05) is 19.3 Å². The van der Waals surface area contributed by atoms with Crippen LogP contribution in [0.1, 0.15) is 48.9 Å². The third-order valence-corrected chi connectivity index (χ3v) is 3.74. The minimum absolute atomic E-state index is 0. The Bertz CT molecular complexity index is 417. The Labute approximate surface area is 132 Å². The third-order valence-electron chi connectivity index (χ3n) is 3.74. The summed E-state index contributed by atoms with van der Waals surface area (Å²) >= 11 is 0. The van der Waals surface area contributed by atoms with Crippen molar-refractivity contribution in [3.05, 3.63) is 29.8 Å². The van der Waals surface area contributed by atoms with E-state index in [9.17, 15) is 4.79 Å². The number of anilines is 1. The van der Waals surface area contributed by atoms with Gasteiger partial charge in [0.2, 0.25) is 0 Å². The second kappa shape index (κ2) is 9.64. The fourth-order valence-corrected chi connectivity index (χ4v) is 2.55. The molecule has 2 rings (SSSR count). The lowest BCUT2D eigenvalue weighted by Gasteiger charge is -2.22. The van der Waals surface area contributed by atoms with Gasteiger partial charge < -0.3 is 15.8 Å². The van der Waals surface area contributed by atoms with Crippen LogP contribution in [0.4, 0.5) is 5.69 Å². The highest BCUT2D eigenvalue weighted by Crippen LogP contribution is 2.17. The standard InChI is InChI=1S/C16H24N2O2.ClH/c17-14-9-7-13(8-10-14)16(19)20-12-4-11-18-15-5-2-1-3-6-15;/h7-10,15,18H,1-6,11-12,17H2;1H. The summed E-state index contributed by atoms with van der Waals surface area (Å²) in [5.74, 6) is -0.275. The van der Waals surface area contributed by atoms with Crippen LogP contribution in [0, 0.1) is 0 Å². The molecule has 0 bridgehead atoms. The molecule has 0 atom stereocenters. The Morgan fingerprint density at radius 1 is 1.19 bits per heavy atom. The Balaban J connectivity index is 0.00000220. The normalized spacial score (nSPS) is 15.2. The first-order valence-electron chi connectivity index (χ1n) is 7.52. The predicted octanol–water partition coefficient (Wildman–Crippen LogP) is 3.16. The molecule has 21 heavy (non-hydrogen) atoms. The zero-order valence-electron chi connectivity index (χ0n) is 12.3. The number of ether oxygens (including phenoxy) is 1. The summed E-state index contributed by atoms with van der Waals surface area (Å²) in [6.07, 6.45) is 7.47. The van der Waals surface area contributed by atoms with Gasteiger partial charge in [0, 0.05) is 11.7 Å². The van der Waals surface area contributed by atoms with E-state index in [0.717, 1.165) is 13.0 Å². The largest absolute Gasteiger partial charge is 0.462 e. The molecule has 0 unspecified atom stereocenters. The van der Waals surface area contributed by atoms with Crippen molar-refractivity contribution in [3.63, 3.8) is 0 Å². The fraction of sp³-hybridized carbons (Fsp3) is 0.562. The SMILES string of the molecule is Cl.Nc1ccc(C(=O)OCCCNC2CCCCC2)cc1. The molecule has 0 spiro atoms. The van der Waals surface area contributed by atoms with Crippen molar-refractivity contribution in [2.45, 2.75) is 44.6 Å². The second-order valence-corrected chi connectivity index (χ2v) is 5.40. The number of rotatable bonds is 6. The first-order valence-corrected chi connectivity index (χ1v) is 7.52. The summed E-state index contributed by atoms with van der Waals surface area (Å²) in [5, 5.41) is 3.53. The van der Waals surface area contributed by atoms with Crippen LogP contribution >= 0.6 is 12.4 Å². The summed E-state index contributed by atoms with van der Waals surface area (Å²) < 4.78 is 5.24. The van der Waals surface area contributed by atoms with Gasteiger partial charge in [-0.2, -0.15) is 0 Å². The molecule has 3 N–H and O–H groups in total. The first kappa shape index (κ1) is 17.8. The minimum Gasteiger partial charge on any atom is -0.462 e. The van der Waals surface area contributed by atoms with Crippen LogP contribution in [-0.4, -0.2) is 25.2 Å². The number of halogens is 1. The Morgan fingerprint density at radius 3 is 2.52 bits per heavy atom.